The number of carbonyl (C=O) groups is 1. The average Bonchev–Trinajstić information content (AvgIpc) is 2.70. The number of anilines is 3. The molecule has 2 aromatic carbocycles. The first-order valence-corrected chi connectivity index (χ1v) is 11.6. The van der Waals surface area contributed by atoms with Gasteiger partial charge in [-0.05, 0) is 62.5 Å². The Morgan fingerprint density at radius 2 is 1.60 bits per heavy atom. The Hall–Kier alpha value is -2.65. The second-order valence-electron chi connectivity index (χ2n) is 7.54. The number of nitrogens with zero attached hydrogens (tertiary/aromatic N) is 3. The molecule has 0 bridgehead atoms. The third-order valence-electron chi connectivity index (χ3n) is 5.17. The molecule has 1 aliphatic rings. The number of benzene rings is 2. The zero-order valence-electron chi connectivity index (χ0n) is 17.4. The summed E-state index contributed by atoms with van der Waals surface area (Å²) in [6.07, 6.45) is 1.02. The van der Waals surface area contributed by atoms with Gasteiger partial charge >= 0.3 is 0 Å². The van der Waals surface area contributed by atoms with E-state index in [9.17, 15) is 17.6 Å². The number of sulfonamides is 1. The summed E-state index contributed by atoms with van der Waals surface area (Å²) >= 11 is 0. The van der Waals surface area contributed by atoms with Gasteiger partial charge in [-0.3, -0.25) is 9.10 Å². The van der Waals surface area contributed by atoms with Crippen molar-refractivity contribution in [3.8, 4) is 0 Å². The first kappa shape index (κ1) is 22.0. The second kappa shape index (κ2) is 9.01. The summed E-state index contributed by atoms with van der Waals surface area (Å²) in [7, 11) is -1.65. The molecule has 1 amide bonds. The standard InChI is InChI=1S/C21H27FN4O3S/c1-16(26(30(3,28)29)20-8-4-17(22)5-9-20)21(27)23-18-6-10-19(11-7-18)25-14-12-24(2)13-15-25/h4-11,16H,12-15H2,1-3H3,(H,23,27). The largest absolute Gasteiger partial charge is 0.369 e. The molecule has 9 heteroatoms. The minimum absolute atomic E-state index is 0.229. The summed E-state index contributed by atoms with van der Waals surface area (Å²) in [5.41, 5.74) is 1.89. The molecule has 0 aliphatic carbocycles. The number of amides is 1. The number of piperazine rings is 1. The number of halogens is 1. The van der Waals surface area contributed by atoms with Crippen molar-refractivity contribution >= 4 is 33.0 Å². The van der Waals surface area contributed by atoms with Crippen LogP contribution in [0.1, 0.15) is 6.92 Å². The molecule has 162 valence electrons. The van der Waals surface area contributed by atoms with Gasteiger partial charge in [-0.15, -0.1) is 0 Å². The number of rotatable bonds is 6. The molecule has 30 heavy (non-hydrogen) atoms. The van der Waals surface area contributed by atoms with Gasteiger partial charge < -0.3 is 15.1 Å². The van der Waals surface area contributed by atoms with Gasteiger partial charge in [0.1, 0.15) is 11.9 Å². The molecule has 1 atom stereocenters. The van der Waals surface area contributed by atoms with Gasteiger partial charge in [-0.2, -0.15) is 0 Å². The van der Waals surface area contributed by atoms with Crippen LogP contribution in [0, 0.1) is 5.82 Å². The Labute approximate surface area is 177 Å². The van der Waals surface area contributed by atoms with Crippen LogP contribution in [-0.2, 0) is 14.8 Å². The second-order valence-corrected chi connectivity index (χ2v) is 9.40. The van der Waals surface area contributed by atoms with Crippen LogP contribution in [0.25, 0.3) is 0 Å². The summed E-state index contributed by atoms with van der Waals surface area (Å²) < 4.78 is 38.8. The SMILES string of the molecule is CC(C(=O)Nc1ccc(N2CCN(C)CC2)cc1)N(c1ccc(F)cc1)S(C)(=O)=O. The van der Waals surface area contributed by atoms with Crippen molar-refractivity contribution in [3.05, 3.63) is 54.3 Å². The van der Waals surface area contributed by atoms with Crippen LogP contribution in [0.3, 0.4) is 0 Å². The molecule has 1 N–H and O–H groups in total. The zero-order valence-corrected chi connectivity index (χ0v) is 18.2. The lowest BCUT2D eigenvalue weighted by atomic mass is 10.2. The third-order valence-corrected chi connectivity index (χ3v) is 6.41. The van der Waals surface area contributed by atoms with Gasteiger partial charge in [0, 0.05) is 37.6 Å². The molecule has 0 saturated carbocycles. The Kier molecular flexibility index (Phi) is 6.62. The zero-order chi connectivity index (χ0) is 21.9. The highest BCUT2D eigenvalue weighted by atomic mass is 32.2. The summed E-state index contributed by atoms with van der Waals surface area (Å²) in [6.45, 7) is 5.39. The van der Waals surface area contributed by atoms with E-state index in [2.05, 4.69) is 22.2 Å². The maximum absolute atomic E-state index is 13.2. The molecule has 1 unspecified atom stereocenters. The monoisotopic (exact) mass is 434 g/mol. The van der Waals surface area contributed by atoms with Crippen molar-refractivity contribution in [2.45, 2.75) is 13.0 Å². The summed E-state index contributed by atoms with van der Waals surface area (Å²) in [4.78, 5) is 17.3. The van der Waals surface area contributed by atoms with Gasteiger partial charge in [0.15, 0.2) is 0 Å². The quantitative estimate of drug-likeness (QED) is 0.756. The molecule has 0 radical (unpaired) electrons. The lowest BCUT2D eigenvalue weighted by Gasteiger charge is -2.34. The van der Waals surface area contributed by atoms with E-state index in [1.807, 2.05) is 12.1 Å². The molecule has 1 saturated heterocycles. The highest BCUT2D eigenvalue weighted by Crippen LogP contribution is 2.23. The first-order valence-electron chi connectivity index (χ1n) is 9.74. The average molecular weight is 435 g/mol. The van der Waals surface area contributed by atoms with Gasteiger partial charge in [-0.25, -0.2) is 12.8 Å². The van der Waals surface area contributed by atoms with Crippen LogP contribution >= 0.6 is 0 Å². The van der Waals surface area contributed by atoms with Crippen LogP contribution in [0.2, 0.25) is 0 Å². The van der Waals surface area contributed by atoms with Crippen LogP contribution in [-0.4, -0.2) is 64.7 Å². The van der Waals surface area contributed by atoms with E-state index in [1.165, 1.54) is 19.1 Å². The summed E-state index contributed by atoms with van der Waals surface area (Å²) in [5, 5.41) is 2.77. The summed E-state index contributed by atoms with van der Waals surface area (Å²) in [6, 6.07) is 11.5. The van der Waals surface area contributed by atoms with Crippen molar-refractivity contribution < 1.29 is 17.6 Å². The maximum atomic E-state index is 13.2. The molecular formula is C21H27FN4O3S. The van der Waals surface area contributed by atoms with Gasteiger partial charge in [0.2, 0.25) is 15.9 Å². The van der Waals surface area contributed by atoms with Crippen molar-refractivity contribution in [1.82, 2.24) is 4.90 Å². The van der Waals surface area contributed by atoms with E-state index < -0.39 is 27.8 Å². The predicted octanol–water partition coefficient (Wildman–Crippen LogP) is 2.37. The van der Waals surface area contributed by atoms with E-state index in [-0.39, 0.29) is 5.69 Å². The fraction of sp³-hybridized carbons (Fsp3) is 0.381. The lowest BCUT2D eigenvalue weighted by molar-refractivity contribution is -0.116. The van der Waals surface area contributed by atoms with E-state index in [0.717, 1.165) is 54.6 Å². The van der Waals surface area contributed by atoms with Gasteiger partial charge in [-0.1, -0.05) is 0 Å². The van der Waals surface area contributed by atoms with Crippen molar-refractivity contribution in [2.75, 3.05) is 54.0 Å². The lowest BCUT2D eigenvalue weighted by Crippen LogP contribution is -2.45. The third kappa shape index (κ3) is 5.28. The minimum Gasteiger partial charge on any atom is -0.369 e. The number of likely N-dealkylation sites (N-methyl/N-ethyl adjacent to an activating group) is 1. The number of hydrogen-bond donors (Lipinski definition) is 1. The molecule has 0 spiro atoms. The molecule has 1 aliphatic heterocycles. The maximum Gasteiger partial charge on any atom is 0.247 e. The molecule has 3 rings (SSSR count). The van der Waals surface area contributed by atoms with Crippen molar-refractivity contribution in [2.24, 2.45) is 0 Å². The van der Waals surface area contributed by atoms with Crippen LogP contribution in [0.15, 0.2) is 48.5 Å². The van der Waals surface area contributed by atoms with Gasteiger partial charge in [0.05, 0.1) is 11.9 Å². The Morgan fingerprint density at radius 3 is 2.13 bits per heavy atom. The van der Waals surface area contributed by atoms with E-state index in [0.29, 0.717) is 5.69 Å². The first-order chi connectivity index (χ1) is 14.1. The fourth-order valence-electron chi connectivity index (χ4n) is 3.46. The van der Waals surface area contributed by atoms with Crippen LogP contribution in [0.4, 0.5) is 21.5 Å². The fourth-order valence-corrected chi connectivity index (χ4v) is 4.64. The molecule has 2 aromatic rings. The Bertz CT molecular complexity index is 972. The number of carbonyl (C=O) groups excluding carboxylic acids is 1. The van der Waals surface area contributed by atoms with Gasteiger partial charge in [0.25, 0.3) is 0 Å². The number of hydrogen-bond acceptors (Lipinski definition) is 5. The predicted molar refractivity (Wildman–Crippen MR) is 118 cm³/mol. The van der Waals surface area contributed by atoms with E-state index in [1.54, 1.807) is 12.1 Å². The van der Waals surface area contributed by atoms with E-state index in [4.69, 9.17) is 0 Å². The minimum atomic E-state index is -3.75. The van der Waals surface area contributed by atoms with E-state index >= 15 is 0 Å². The molecule has 1 fully saturated rings. The van der Waals surface area contributed by atoms with Crippen molar-refractivity contribution in [3.63, 3.8) is 0 Å². The van der Waals surface area contributed by atoms with Crippen LogP contribution < -0.4 is 14.5 Å². The molecule has 0 aromatic heterocycles. The summed E-state index contributed by atoms with van der Waals surface area (Å²) in [5.74, 6) is -0.957. The highest BCUT2D eigenvalue weighted by Gasteiger charge is 2.29. The van der Waals surface area contributed by atoms with Crippen molar-refractivity contribution in [1.29, 1.82) is 0 Å². The Morgan fingerprint density at radius 1 is 1.03 bits per heavy atom. The smallest absolute Gasteiger partial charge is 0.247 e. The molecular weight excluding hydrogens is 407 g/mol. The molecule has 7 nitrogen and oxygen atoms in total. The van der Waals surface area contributed by atoms with Crippen LogP contribution in [0.5, 0.6) is 0 Å². The normalized spacial score (nSPS) is 16.2. The highest BCUT2D eigenvalue weighted by molar-refractivity contribution is 7.92. The topological polar surface area (TPSA) is 73.0 Å². The number of nitrogens with one attached hydrogen (secondary N) is 1. The Balaban J connectivity index is 1.71. The molecule has 1 heterocycles.